The Labute approximate surface area is 192 Å². The van der Waals surface area contributed by atoms with Crippen LogP contribution in [0.25, 0.3) is 0 Å². The van der Waals surface area contributed by atoms with Gasteiger partial charge in [-0.15, -0.1) is 4.36 Å². The Balaban J connectivity index is 1.96. The molecule has 4 N–H and O–H groups in total. The molecule has 0 spiro atoms. The number of nitrogens with two attached hydrogens (primary N) is 1. The van der Waals surface area contributed by atoms with Crippen LogP contribution in [0.4, 0.5) is 14.9 Å². The number of halogens is 1. The van der Waals surface area contributed by atoms with Gasteiger partial charge >= 0.3 is 6.03 Å². The molecule has 0 saturated heterocycles. The summed E-state index contributed by atoms with van der Waals surface area (Å²) in [4.78, 5) is 17.1. The van der Waals surface area contributed by atoms with Crippen molar-refractivity contribution in [3.8, 4) is 6.07 Å². The molecule has 1 aromatic rings. The van der Waals surface area contributed by atoms with Crippen LogP contribution >= 0.6 is 11.8 Å². The molecule has 1 aliphatic carbocycles. The van der Waals surface area contributed by atoms with E-state index in [0.29, 0.717) is 10.6 Å². The fraction of sp³-hybridized carbons (Fsp3) is 0.571. The van der Waals surface area contributed by atoms with E-state index in [4.69, 9.17) is 5.14 Å². The van der Waals surface area contributed by atoms with E-state index in [1.165, 1.54) is 6.07 Å². The molecule has 2 aliphatic rings. The SMILES string of the molecule is CC(C)c1c(F)c(C#N)cc(C2CC2)c1NC(=O)N=[S@@](N)(=O)C1SC(C(C)(C)O)=NC1C. The first-order chi connectivity index (χ1) is 14.8. The maximum absolute atomic E-state index is 15.0. The van der Waals surface area contributed by atoms with Gasteiger partial charge in [-0.05, 0) is 57.1 Å². The van der Waals surface area contributed by atoms with E-state index in [0.717, 1.165) is 24.6 Å². The molecule has 0 aromatic heterocycles. The molecule has 1 aliphatic heterocycles. The highest BCUT2D eigenvalue weighted by Crippen LogP contribution is 2.47. The molecule has 174 valence electrons. The third-order valence-corrected chi connectivity index (χ3v) is 9.38. The third-order valence-electron chi connectivity index (χ3n) is 5.30. The number of hydrogen-bond acceptors (Lipinski definition) is 6. The highest BCUT2D eigenvalue weighted by Gasteiger charge is 2.40. The first kappa shape index (κ1) is 24.6. The van der Waals surface area contributed by atoms with Crippen molar-refractivity contribution in [3.05, 3.63) is 28.6 Å². The Hall–Kier alpha value is -2.00. The van der Waals surface area contributed by atoms with Crippen LogP contribution < -0.4 is 10.5 Å². The van der Waals surface area contributed by atoms with Crippen LogP contribution in [0.1, 0.15) is 76.0 Å². The molecule has 1 heterocycles. The smallest absolute Gasteiger partial charge is 0.354 e. The van der Waals surface area contributed by atoms with Crippen LogP contribution in [0.3, 0.4) is 0 Å². The molecule has 32 heavy (non-hydrogen) atoms. The van der Waals surface area contributed by atoms with Crippen molar-refractivity contribution >= 4 is 38.4 Å². The number of benzene rings is 1. The molecule has 3 atom stereocenters. The Kier molecular flexibility index (Phi) is 6.73. The molecular formula is C21H28FN5O3S2. The van der Waals surface area contributed by atoms with E-state index in [9.17, 15) is 23.8 Å². The van der Waals surface area contributed by atoms with Gasteiger partial charge in [0.15, 0.2) is 0 Å². The number of amides is 2. The first-order valence-electron chi connectivity index (χ1n) is 10.3. The fourth-order valence-corrected chi connectivity index (χ4v) is 6.61. The molecule has 0 bridgehead atoms. The third kappa shape index (κ3) is 4.98. The number of hydrogen-bond donors (Lipinski definition) is 3. The number of aliphatic imine (C=N–C) groups is 1. The van der Waals surface area contributed by atoms with E-state index in [1.807, 2.05) is 6.07 Å². The highest BCUT2D eigenvalue weighted by molar-refractivity contribution is 8.23. The van der Waals surface area contributed by atoms with Crippen molar-refractivity contribution < 1.29 is 18.5 Å². The predicted octanol–water partition coefficient (Wildman–Crippen LogP) is 4.20. The van der Waals surface area contributed by atoms with E-state index in [-0.39, 0.29) is 28.7 Å². The van der Waals surface area contributed by atoms with Crippen molar-refractivity contribution in [2.24, 2.45) is 14.5 Å². The summed E-state index contributed by atoms with van der Waals surface area (Å²) in [6.07, 6.45) is 1.74. The Bertz CT molecular complexity index is 1140. The molecule has 1 saturated carbocycles. The van der Waals surface area contributed by atoms with Gasteiger partial charge in [0.1, 0.15) is 37.0 Å². The summed E-state index contributed by atoms with van der Waals surface area (Å²) in [5.74, 6) is -0.878. The van der Waals surface area contributed by atoms with Crippen molar-refractivity contribution in [3.63, 3.8) is 0 Å². The summed E-state index contributed by atoms with van der Waals surface area (Å²) in [5, 5.41) is 28.4. The van der Waals surface area contributed by atoms with Crippen LogP contribution in [0, 0.1) is 17.1 Å². The zero-order chi connectivity index (χ0) is 24.0. The minimum atomic E-state index is -3.54. The molecule has 1 fully saturated rings. The number of carbonyl (C=O) groups is 1. The Morgan fingerprint density at radius 3 is 2.59 bits per heavy atom. The van der Waals surface area contributed by atoms with Gasteiger partial charge in [-0.2, -0.15) is 5.26 Å². The number of aliphatic hydroxyl groups is 1. The lowest BCUT2D eigenvalue weighted by Gasteiger charge is -2.20. The van der Waals surface area contributed by atoms with Gasteiger partial charge in [0.05, 0.1) is 17.3 Å². The van der Waals surface area contributed by atoms with E-state index in [2.05, 4.69) is 14.7 Å². The van der Waals surface area contributed by atoms with Gasteiger partial charge in [-0.1, -0.05) is 25.6 Å². The van der Waals surface area contributed by atoms with Crippen molar-refractivity contribution in [2.45, 2.75) is 75.5 Å². The zero-order valence-electron chi connectivity index (χ0n) is 18.7. The second-order valence-electron chi connectivity index (χ2n) is 9.01. The minimum Gasteiger partial charge on any atom is -0.384 e. The molecular weight excluding hydrogens is 453 g/mol. The van der Waals surface area contributed by atoms with Gasteiger partial charge in [0.25, 0.3) is 0 Å². The molecule has 11 heteroatoms. The Morgan fingerprint density at radius 1 is 1.50 bits per heavy atom. The molecule has 0 radical (unpaired) electrons. The Morgan fingerprint density at radius 2 is 2.12 bits per heavy atom. The summed E-state index contributed by atoms with van der Waals surface area (Å²) in [6.45, 7) is 8.34. The lowest BCUT2D eigenvalue weighted by Crippen LogP contribution is -2.33. The van der Waals surface area contributed by atoms with Crippen LogP contribution in [0.5, 0.6) is 0 Å². The second-order valence-corrected chi connectivity index (χ2v) is 12.4. The number of carbonyl (C=O) groups excluding carboxylic acids is 1. The van der Waals surface area contributed by atoms with E-state index in [1.54, 1.807) is 34.6 Å². The molecule has 2 amide bonds. The maximum Gasteiger partial charge on any atom is 0.354 e. The lowest BCUT2D eigenvalue weighted by molar-refractivity contribution is 0.157. The quantitative estimate of drug-likeness (QED) is 0.578. The highest BCUT2D eigenvalue weighted by atomic mass is 32.3. The summed E-state index contributed by atoms with van der Waals surface area (Å²) in [5.41, 5.74) is -0.134. The molecule has 3 rings (SSSR count). The standard InChI is InChI=1S/C21H28FN5O3S2/c1-10(2)15-16(22)13(9-23)8-14(12-6-7-12)17(15)26-20(28)27-32(24,30)18-11(3)25-19(31-18)21(4,5)29/h8,10-12,18,29H,6-7H2,1-5H3,(H3,24,26,27,28,30)/t11?,18?,32-/m1/s1. The van der Waals surface area contributed by atoms with Crippen LogP contribution in [0.2, 0.25) is 0 Å². The molecule has 8 nitrogen and oxygen atoms in total. The first-order valence-corrected chi connectivity index (χ1v) is 12.9. The average Bonchev–Trinajstić information content (AvgIpc) is 3.40. The number of thioether (sulfide) groups is 1. The normalized spacial score (nSPS) is 22.8. The summed E-state index contributed by atoms with van der Waals surface area (Å²) < 4.78 is 31.0. The number of rotatable bonds is 5. The topological polar surface area (TPSA) is 141 Å². The monoisotopic (exact) mass is 481 g/mol. The van der Waals surface area contributed by atoms with E-state index < -0.39 is 38.0 Å². The predicted molar refractivity (Wildman–Crippen MR) is 126 cm³/mol. The van der Waals surface area contributed by atoms with Gasteiger partial charge in [0.2, 0.25) is 0 Å². The number of anilines is 1. The lowest BCUT2D eigenvalue weighted by atomic mass is 9.92. The number of urea groups is 1. The van der Waals surface area contributed by atoms with Gasteiger partial charge in [0, 0.05) is 5.56 Å². The number of nitrogens with one attached hydrogen (secondary N) is 1. The van der Waals surface area contributed by atoms with Crippen LogP contribution in [-0.4, -0.2) is 36.6 Å². The average molecular weight is 482 g/mol. The largest absolute Gasteiger partial charge is 0.384 e. The fourth-order valence-electron chi connectivity index (χ4n) is 3.63. The maximum atomic E-state index is 15.0. The van der Waals surface area contributed by atoms with Crippen LogP contribution in [-0.2, 0) is 9.92 Å². The van der Waals surface area contributed by atoms with Crippen molar-refractivity contribution in [2.75, 3.05) is 5.32 Å². The summed E-state index contributed by atoms with van der Waals surface area (Å²) >= 11 is 1.04. The number of nitriles is 1. The second kappa shape index (κ2) is 8.74. The van der Waals surface area contributed by atoms with Gasteiger partial charge in [-0.25, -0.2) is 18.5 Å². The van der Waals surface area contributed by atoms with Crippen LogP contribution in [0.15, 0.2) is 15.4 Å². The molecule has 2 unspecified atom stereocenters. The summed E-state index contributed by atoms with van der Waals surface area (Å²) in [7, 11) is -3.54. The van der Waals surface area contributed by atoms with Crippen molar-refractivity contribution in [1.29, 1.82) is 5.26 Å². The van der Waals surface area contributed by atoms with E-state index >= 15 is 0 Å². The van der Waals surface area contributed by atoms with Gasteiger partial charge < -0.3 is 10.4 Å². The zero-order valence-corrected chi connectivity index (χ0v) is 20.3. The molecule has 1 aromatic carbocycles. The minimum absolute atomic E-state index is 0.0689. The summed E-state index contributed by atoms with van der Waals surface area (Å²) in [6, 6.07) is 1.88. The number of nitrogens with zero attached hydrogens (tertiary/aromatic N) is 3. The van der Waals surface area contributed by atoms with Crippen molar-refractivity contribution in [1.82, 2.24) is 0 Å². The van der Waals surface area contributed by atoms with Gasteiger partial charge in [-0.3, -0.25) is 4.99 Å².